The minimum atomic E-state index is -0.881. The van der Waals surface area contributed by atoms with Gasteiger partial charge in [0.25, 0.3) is 0 Å². The highest BCUT2D eigenvalue weighted by Gasteiger charge is 2.48. The maximum absolute atomic E-state index is 11.5. The van der Waals surface area contributed by atoms with E-state index in [4.69, 9.17) is 0 Å². The maximum Gasteiger partial charge on any atom is 0.201 e. The van der Waals surface area contributed by atoms with E-state index in [1.165, 1.54) is 40.3 Å². The Morgan fingerprint density at radius 3 is 0.977 bits per heavy atom. The van der Waals surface area contributed by atoms with Crippen LogP contribution in [0.2, 0.25) is 0 Å². The number of nitrogens with zero attached hydrogens (tertiary/aromatic N) is 2. The molecule has 0 aromatic heterocycles. The summed E-state index contributed by atoms with van der Waals surface area (Å²) in [4.78, 5) is 4.67. The van der Waals surface area contributed by atoms with Crippen LogP contribution < -0.4 is 9.80 Å². The van der Waals surface area contributed by atoms with Crippen LogP contribution in [0.15, 0.2) is 309 Å². The second kappa shape index (κ2) is 21.1. The number of para-hydroxylation sites is 2. The molecular formula is C81H58N2O4. The summed E-state index contributed by atoms with van der Waals surface area (Å²) in [5.41, 5.74) is 21.0. The Balaban J connectivity index is 0.820. The fourth-order valence-electron chi connectivity index (χ4n) is 14.1. The SMILES string of the molecule is Cc1c(O)c(O)c(O)c(-c2ccc3c(c2)C(c2ccccc2)(c2ccccc2)c2cc(N(c4ccccc4)c4ccc(-c5ccc(N(c6ccccc6)c6ccc7c(c6)C(c6ccccc6)(c6ccccc6)c6ccccc6-7)cc5)cc4)ccc2-3)c1O. The molecule has 0 bridgehead atoms. The average molecular weight is 1120 g/mol. The number of hydrogen-bond donors (Lipinski definition) is 4. The summed E-state index contributed by atoms with van der Waals surface area (Å²) in [7, 11) is 0. The molecule has 87 heavy (non-hydrogen) atoms. The van der Waals surface area contributed by atoms with Crippen molar-refractivity contribution < 1.29 is 20.4 Å². The van der Waals surface area contributed by atoms with Gasteiger partial charge in [-0.2, -0.15) is 0 Å². The highest BCUT2D eigenvalue weighted by molar-refractivity contribution is 5.94. The summed E-state index contributed by atoms with van der Waals surface area (Å²) >= 11 is 0. The third kappa shape index (κ3) is 8.24. The fraction of sp³-hybridized carbons (Fsp3) is 0.0370. The molecule has 6 heteroatoms. The zero-order valence-electron chi connectivity index (χ0n) is 47.6. The second-order valence-electron chi connectivity index (χ2n) is 22.6. The molecule has 0 spiro atoms. The van der Waals surface area contributed by atoms with E-state index in [1.54, 1.807) is 0 Å². The number of anilines is 6. The quantitative estimate of drug-likeness (QED) is 0.0720. The summed E-state index contributed by atoms with van der Waals surface area (Å²) in [6.45, 7) is 1.51. The Labute approximate surface area is 506 Å². The Bertz CT molecular complexity index is 4600. The number of phenolic OH excluding ortho intramolecular Hbond substituents is 4. The van der Waals surface area contributed by atoms with Crippen LogP contribution in [0.4, 0.5) is 34.1 Å². The minimum absolute atomic E-state index is 0.0393. The van der Waals surface area contributed by atoms with Gasteiger partial charge in [0, 0.05) is 39.7 Å². The lowest BCUT2D eigenvalue weighted by Crippen LogP contribution is -2.28. The monoisotopic (exact) mass is 1120 g/mol. The number of aromatic hydroxyl groups is 4. The first-order valence-corrected chi connectivity index (χ1v) is 29.4. The lowest BCUT2D eigenvalue weighted by atomic mass is 9.67. The van der Waals surface area contributed by atoms with Gasteiger partial charge in [0.15, 0.2) is 11.5 Å². The lowest BCUT2D eigenvalue weighted by molar-refractivity contribution is 0.360. The third-order valence-corrected chi connectivity index (χ3v) is 18.0. The molecule has 0 amide bonds. The average Bonchev–Trinajstić information content (AvgIpc) is 1.58. The molecule has 0 saturated carbocycles. The largest absolute Gasteiger partial charge is 0.507 e. The summed E-state index contributed by atoms with van der Waals surface area (Å²) in [6.07, 6.45) is 0. The molecule has 13 aromatic carbocycles. The van der Waals surface area contributed by atoms with Gasteiger partial charge in [0.2, 0.25) is 5.75 Å². The highest BCUT2D eigenvalue weighted by Crippen LogP contribution is 2.61. The molecule has 0 aliphatic heterocycles. The van der Waals surface area contributed by atoms with Crippen molar-refractivity contribution in [3.63, 3.8) is 0 Å². The van der Waals surface area contributed by atoms with Gasteiger partial charge in [0.1, 0.15) is 5.75 Å². The molecule has 0 radical (unpaired) electrons. The zero-order valence-corrected chi connectivity index (χ0v) is 47.6. The fourth-order valence-corrected chi connectivity index (χ4v) is 14.1. The van der Waals surface area contributed by atoms with Gasteiger partial charge in [0.05, 0.1) is 16.4 Å². The molecule has 2 aliphatic rings. The van der Waals surface area contributed by atoms with Crippen molar-refractivity contribution in [2.24, 2.45) is 0 Å². The van der Waals surface area contributed by atoms with Crippen molar-refractivity contribution in [2.45, 2.75) is 17.8 Å². The van der Waals surface area contributed by atoms with Gasteiger partial charge < -0.3 is 30.2 Å². The molecule has 0 atom stereocenters. The van der Waals surface area contributed by atoms with Gasteiger partial charge in [-0.05, 0) is 169 Å². The van der Waals surface area contributed by atoms with E-state index in [0.717, 1.165) is 78.6 Å². The molecular weight excluding hydrogens is 1060 g/mol. The van der Waals surface area contributed by atoms with E-state index in [0.29, 0.717) is 5.56 Å². The summed E-state index contributed by atoms with van der Waals surface area (Å²) in [5.74, 6) is -2.15. The van der Waals surface area contributed by atoms with Crippen LogP contribution in [0.3, 0.4) is 0 Å². The zero-order chi connectivity index (χ0) is 58.8. The van der Waals surface area contributed by atoms with Crippen molar-refractivity contribution in [2.75, 3.05) is 9.80 Å². The van der Waals surface area contributed by atoms with Crippen LogP contribution in [0.25, 0.3) is 44.5 Å². The molecule has 0 heterocycles. The number of rotatable bonds is 12. The molecule has 13 aromatic rings. The van der Waals surface area contributed by atoms with Crippen molar-refractivity contribution >= 4 is 34.1 Å². The van der Waals surface area contributed by atoms with Gasteiger partial charge >= 0.3 is 0 Å². The minimum Gasteiger partial charge on any atom is -0.507 e. The summed E-state index contributed by atoms with van der Waals surface area (Å²) in [5, 5.41) is 44.4. The first-order chi connectivity index (χ1) is 42.7. The van der Waals surface area contributed by atoms with E-state index in [1.807, 2.05) is 36.4 Å². The van der Waals surface area contributed by atoms with E-state index >= 15 is 0 Å². The van der Waals surface area contributed by atoms with E-state index in [2.05, 4.69) is 283 Å². The molecule has 2 aliphatic carbocycles. The Morgan fingerprint density at radius 1 is 0.241 bits per heavy atom. The Kier molecular flexibility index (Phi) is 12.7. The third-order valence-electron chi connectivity index (χ3n) is 18.0. The first kappa shape index (κ1) is 52.5. The molecule has 0 fully saturated rings. The van der Waals surface area contributed by atoms with Crippen LogP contribution >= 0.6 is 0 Å². The van der Waals surface area contributed by atoms with Gasteiger partial charge in [-0.25, -0.2) is 0 Å². The molecule has 0 saturated heterocycles. The smallest absolute Gasteiger partial charge is 0.201 e. The van der Waals surface area contributed by atoms with Crippen LogP contribution in [-0.4, -0.2) is 20.4 Å². The second-order valence-corrected chi connectivity index (χ2v) is 22.6. The normalized spacial score (nSPS) is 13.0. The summed E-state index contributed by atoms with van der Waals surface area (Å²) < 4.78 is 0. The van der Waals surface area contributed by atoms with Crippen LogP contribution in [0, 0.1) is 6.92 Å². The number of phenols is 4. The predicted octanol–water partition coefficient (Wildman–Crippen LogP) is 19.8. The summed E-state index contributed by atoms with van der Waals surface area (Å²) in [6, 6.07) is 110. The van der Waals surface area contributed by atoms with Gasteiger partial charge in [-0.15, -0.1) is 0 Å². The molecule has 15 rings (SSSR count). The molecule has 6 nitrogen and oxygen atoms in total. The number of fused-ring (bicyclic) bond motifs is 6. The highest BCUT2D eigenvalue weighted by atomic mass is 16.3. The number of hydrogen-bond acceptors (Lipinski definition) is 6. The standard InChI is InChI=1S/C81H58N2O4/c1-53-76(84)75(78(86)79(87)77(53)85)56-40-47-68-70-49-46-66(52-74(70)81(72(68)50-56,59-26-12-4-13-27-59)60-28-14-5-15-29-60)83(62-32-18-7-19-33-62)64-43-38-55(39-44-64)54-36-41-63(42-37-54)82(61-30-16-6-17-31-61)65-45-48-69-67-34-20-21-35-71(67)80(73(69)51-65,57-22-8-2-9-23-57)58-24-10-3-11-25-58/h2-52,84-87H,1H3. The van der Waals surface area contributed by atoms with E-state index in [-0.39, 0.29) is 16.9 Å². The number of benzene rings is 13. The van der Waals surface area contributed by atoms with Crippen molar-refractivity contribution in [1.82, 2.24) is 0 Å². The maximum atomic E-state index is 11.5. The van der Waals surface area contributed by atoms with Crippen molar-refractivity contribution in [3.05, 3.63) is 359 Å². The van der Waals surface area contributed by atoms with E-state index < -0.39 is 28.1 Å². The Hall–Kier alpha value is -11.3. The lowest BCUT2D eigenvalue weighted by Gasteiger charge is -2.35. The van der Waals surface area contributed by atoms with E-state index in [9.17, 15) is 20.4 Å². The molecule has 0 unspecified atom stereocenters. The predicted molar refractivity (Wildman–Crippen MR) is 353 cm³/mol. The van der Waals surface area contributed by atoms with Crippen LogP contribution in [-0.2, 0) is 10.8 Å². The molecule has 416 valence electrons. The Morgan fingerprint density at radius 2 is 0.552 bits per heavy atom. The van der Waals surface area contributed by atoms with Gasteiger partial charge in [-0.3, -0.25) is 0 Å². The topological polar surface area (TPSA) is 87.4 Å². The van der Waals surface area contributed by atoms with Crippen LogP contribution in [0.5, 0.6) is 23.0 Å². The van der Waals surface area contributed by atoms with Crippen molar-refractivity contribution in [3.8, 4) is 67.5 Å². The first-order valence-electron chi connectivity index (χ1n) is 29.4. The van der Waals surface area contributed by atoms with Crippen LogP contribution in [0.1, 0.15) is 50.1 Å². The van der Waals surface area contributed by atoms with Gasteiger partial charge in [-0.1, -0.05) is 231 Å². The van der Waals surface area contributed by atoms with Crippen molar-refractivity contribution in [1.29, 1.82) is 0 Å². The molecule has 4 N–H and O–H groups in total.